The number of aliphatic hydroxyl groups excluding tert-OH is 1. The molecular formula is C31H29OP. The molecule has 1 N–H and O–H groups in total. The Labute approximate surface area is 198 Å². The normalized spacial score (nSPS) is 9.79. The van der Waals surface area contributed by atoms with Crippen LogP contribution in [0.15, 0.2) is 152 Å². The summed E-state index contributed by atoms with van der Waals surface area (Å²) >= 11 is 0. The molecule has 0 bridgehead atoms. The molecule has 0 aliphatic heterocycles. The Hall–Kier alpha value is -3.51. The standard InChI is InChI=1S/C18H15P.C12H10.CH4O/c1-4-10-16(11-5-1)19(17-12-6-2-7-13-17)18-14-8-3-9-15-18;1-3-7-11(8-4-1)12-9-5-2-6-10-12;1-2/h1-15H;1-10H;2H,1H3. The Balaban J connectivity index is 0.000000188. The van der Waals surface area contributed by atoms with Crippen LogP contribution in [0.3, 0.4) is 0 Å². The van der Waals surface area contributed by atoms with Crippen LogP contribution in [0.25, 0.3) is 11.1 Å². The molecule has 0 aromatic heterocycles. The minimum Gasteiger partial charge on any atom is -0.400 e. The molecule has 0 atom stereocenters. The number of rotatable bonds is 4. The van der Waals surface area contributed by atoms with Gasteiger partial charge < -0.3 is 5.11 Å². The van der Waals surface area contributed by atoms with Crippen molar-refractivity contribution in [2.45, 2.75) is 0 Å². The van der Waals surface area contributed by atoms with Crippen molar-refractivity contribution in [2.24, 2.45) is 0 Å². The van der Waals surface area contributed by atoms with E-state index < -0.39 is 7.92 Å². The van der Waals surface area contributed by atoms with Crippen LogP contribution in [0, 0.1) is 0 Å². The summed E-state index contributed by atoms with van der Waals surface area (Å²) in [6, 6.07) is 53.1. The van der Waals surface area contributed by atoms with Gasteiger partial charge in [0.05, 0.1) is 0 Å². The molecule has 0 unspecified atom stereocenters. The monoisotopic (exact) mass is 448 g/mol. The third kappa shape index (κ3) is 7.26. The van der Waals surface area contributed by atoms with Gasteiger partial charge in [-0.1, -0.05) is 152 Å². The number of hydrogen-bond donors (Lipinski definition) is 1. The van der Waals surface area contributed by atoms with Crippen LogP contribution in [-0.2, 0) is 0 Å². The van der Waals surface area contributed by atoms with Crippen molar-refractivity contribution in [3.8, 4) is 11.1 Å². The maximum absolute atomic E-state index is 7.00. The highest BCUT2D eigenvalue weighted by atomic mass is 31.1. The molecule has 0 fully saturated rings. The van der Waals surface area contributed by atoms with Crippen LogP contribution < -0.4 is 15.9 Å². The molecule has 0 amide bonds. The first kappa shape index (κ1) is 24.1. The molecule has 0 heterocycles. The van der Waals surface area contributed by atoms with Crippen LogP contribution in [0.5, 0.6) is 0 Å². The average Bonchev–Trinajstić information content (AvgIpc) is 2.93. The van der Waals surface area contributed by atoms with E-state index in [2.05, 4.69) is 140 Å². The van der Waals surface area contributed by atoms with E-state index in [1.165, 1.54) is 27.0 Å². The Morgan fingerprint density at radius 2 is 0.545 bits per heavy atom. The van der Waals surface area contributed by atoms with Crippen LogP contribution in [-0.4, -0.2) is 12.2 Å². The van der Waals surface area contributed by atoms with Gasteiger partial charge in [-0.25, -0.2) is 0 Å². The average molecular weight is 449 g/mol. The van der Waals surface area contributed by atoms with Crippen molar-refractivity contribution in [2.75, 3.05) is 7.11 Å². The van der Waals surface area contributed by atoms with Gasteiger partial charge >= 0.3 is 0 Å². The lowest BCUT2D eigenvalue weighted by molar-refractivity contribution is 0.399. The zero-order chi connectivity index (χ0) is 23.1. The lowest BCUT2D eigenvalue weighted by Gasteiger charge is -2.18. The lowest BCUT2D eigenvalue weighted by atomic mass is 10.1. The Bertz CT molecular complexity index is 1010. The molecular weight excluding hydrogens is 419 g/mol. The Morgan fingerprint density at radius 1 is 0.333 bits per heavy atom. The number of hydrogen-bond acceptors (Lipinski definition) is 1. The second-order valence-electron chi connectivity index (χ2n) is 7.07. The smallest absolute Gasteiger partial charge is 0.0319 e. The largest absolute Gasteiger partial charge is 0.400 e. The second kappa shape index (κ2) is 13.8. The zero-order valence-electron chi connectivity index (χ0n) is 18.8. The van der Waals surface area contributed by atoms with Crippen molar-refractivity contribution >= 4 is 23.8 Å². The molecule has 0 aliphatic carbocycles. The zero-order valence-corrected chi connectivity index (χ0v) is 19.7. The van der Waals surface area contributed by atoms with Gasteiger partial charge in [-0.3, -0.25) is 0 Å². The van der Waals surface area contributed by atoms with E-state index in [0.29, 0.717) is 0 Å². The first-order chi connectivity index (χ1) is 16.4. The van der Waals surface area contributed by atoms with E-state index in [4.69, 9.17) is 5.11 Å². The van der Waals surface area contributed by atoms with Crippen LogP contribution in [0.4, 0.5) is 0 Å². The molecule has 1 nitrogen and oxygen atoms in total. The fourth-order valence-electron chi connectivity index (χ4n) is 3.44. The molecule has 0 radical (unpaired) electrons. The van der Waals surface area contributed by atoms with Crippen LogP contribution in [0.1, 0.15) is 0 Å². The first-order valence-corrected chi connectivity index (χ1v) is 12.3. The molecule has 0 aliphatic rings. The Kier molecular flexibility index (Phi) is 10.1. The van der Waals surface area contributed by atoms with Crippen LogP contribution in [0.2, 0.25) is 0 Å². The van der Waals surface area contributed by atoms with Gasteiger partial charge in [-0.2, -0.15) is 0 Å². The van der Waals surface area contributed by atoms with E-state index in [1.54, 1.807) is 0 Å². The third-order valence-electron chi connectivity index (χ3n) is 4.92. The van der Waals surface area contributed by atoms with E-state index in [0.717, 1.165) is 7.11 Å². The van der Waals surface area contributed by atoms with Gasteiger partial charge in [0.1, 0.15) is 0 Å². The predicted octanol–water partition coefficient (Wildman–Crippen LogP) is 6.41. The molecule has 33 heavy (non-hydrogen) atoms. The van der Waals surface area contributed by atoms with Gasteiger partial charge in [0.2, 0.25) is 0 Å². The number of aliphatic hydroxyl groups is 1. The summed E-state index contributed by atoms with van der Waals surface area (Å²) in [5, 5.41) is 11.2. The van der Waals surface area contributed by atoms with Crippen molar-refractivity contribution in [3.05, 3.63) is 152 Å². The quantitative estimate of drug-likeness (QED) is 0.315. The summed E-state index contributed by atoms with van der Waals surface area (Å²) in [6.07, 6.45) is 0. The Morgan fingerprint density at radius 3 is 0.788 bits per heavy atom. The third-order valence-corrected chi connectivity index (χ3v) is 7.37. The topological polar surface area (TPSA) is 20.2 Å². The highest BCUT2D eigenvalue weighted by Crippen LogP contribution is 2.32. The maximum atomic E-state index is 7.00. The molecule has 0 spiro atoms. The van der Waals surface area contributed by atoms with Gasteiger partial charge in [0, 0.05) is 7.11 Å². The van der Waals surface area contributed by atoms with Gasteiger partial charge in [0.15, 0.2) is 0 Å². The molecule has 0 saturated heterocycles. The fourth-order valence-corrected chi connectivity index (χ4v) is 5.74. The summed E-state index contributed by atoms with van der Waals surface area (Å²) in [5.74, 6) is 0. The van der Waals surface area contributed by atoms with Crippen molar-refractivity contribution in [1.29, 1.82) is 0 Å². The highest BCUT2D eigenvalue weighted by molar-refractivity contribution is 7.79. The molecule has 164 valence electrons. The summed E-state index contributed by atoms with van der Waals surface area (Å²) in [6.45, 7) is 0. The minimum absolute atomic E-state index is 0.446. The summed E-state index contributed by atoms with van der Waals surface area (Å²) < 4.78 is 0. The van der Waals surface area contributed by atoms with Crippen molar-refractivity contribution in [1.82, 2.24) is 0 Å². The molecule has 0 saturated carbocycles. The molecule has 5 aromatic rings. The fraction of sp³-hybridized carbons (Fsp3) is 0.0323. The minimum atomic E-state index is -0.446. The molecule has 2 heteroatoms. The maximum Gasteiger partial charge on any atom is 0.0319 e. The van der Waals surface area contributed by atoms with Gasteiger partial charge in [-0.15, -0.1) is 0 Å². The first-order valence-electron chi connectivity index (χ1n) is 10.9. The van der Waals surface area contributed by atoms with E-state index in [-0.39, 0.29) is 0 Å². The predicted molar refractivity (Wildman–Crippen MR) is 145 cm³/mol. The van der Waals surface area contributed by atoms with Crippen molar-refractivity contribution < 1.29 is 5.11 Å². The van der Waals surface area contributed by atoms with E-state index in [9.17, 15) is 0 Å². The van der Waals surface area contributed by atoms with Crippen LogP contribution >= 0.6 is 7.92 Å². The second-order valence-corrected chi connectivity index (χ2v) is 9.29. The lowest BCUT2D eigenvalue weighted by Crippen LogP contribution is -2.20. The van der Waals surface area contributed by atoms with Gasteiger partial charge in [0.25, 0.3) is 0 Å². The van der Waals surface area contributed by atoms with Gasteiger partial charge in [-0.05, 0) is 35.0 Å². The van der Waals surface area contributed by atoms with E-state index in [1.807, 2.05) is 12.1 Å². The van der Waals surface area contributed by atoms with E-state index >= 15 is 0 Å². The summed E-state index contributed by atoms with van der Waals surface area (Å²) in [7, 11) is 0.554. The number of benzene rings is 5. The highest BCUT2D eigenvalue weighted by Gasteiger charge is 2.14. The summed E-state index contributed by atoms with van der Waals surface area (Å²) in [4.78, 5) is 0. The SMILES string of the molecule is CO.c1ccc(-c2ccccc2)cc1.c1ccc(P(c2ccccc2)c2ccccc2)cc1. The summed E-state index contributed by atoms with van der Waals surface area (Å²) in [5.41, 5.74) is 2.55. The molecule has 5 aromatic carbocycles. The van der Waals surface area contributed by atoms with Crippen molar-refractivity contribution in [3.63, 3.8) is 0 Å². The molecule has 5 rings (SSSR count).